The zero-order valence-electron chi connectivity index (χ0n) is 12.7. The molecule has 0 saturated carbocycles. The Balaban J connectivity index is 3.30. The number of hydrogen-bond donors (Lipinski definition) is 2. The van der Waals surface area contributed by atoms with Gasteiger partial charge in [-0.3, -0.25) is 9.59 Å². The molecule has 0 rings (SSSR count). The molecular formula is C15H28O6. The SMILES string of the molecule is O=C(CCCCCC(=O)OCCCCO)OCCCCO. The highest BCUT2D eigenvalue weighted by atomic mass is 16.5. The normalized spacial score (nSPS) is 10.4. The van der Waals surface area contributed by atoms with Gasteiger partial charge in [0, 0.05) is 26.1 Å². The predicted octanol–water partition coefficient (Wildman–Crippen LogP) is 1.57. The lowest BCUT2D eigenvalue weighted by molar-refractivity contribution is -0.144. The Bertz CT molecular complexity index is 241. The van der Waals surface area contributed by atoms with Gasteiger partial charge in [0.25, 0.3) is 0 Å². The lowest BCUT2D eigenvalue weighted by Gasteiger charge is -2.05. The van der Waals surface area contributed by atoms with Crippen molar-refractivity contribution >= 4 is 11.9 Å². The highest BCUT2D eigenvalue weighted by Gasteiger charge is 2.05. The van der Waals surface area contributed by atoms with E-state index in [9.17, 15) is 9.59 Å². The van der Waals surface area contributed by atoms with E-state index in [1.807, 2.05) is 0 Å². The Labute approximate surface area is 126 Å². The number of unbranched alkanes of at least 4 members (excludes halogenated alkanes) is 4. The van der Waals surface area contributed by atoms with Crippen LogP contribution in [0.25, 0.3) is 0 Å². The standard InChI is InChI=1S/C15H28O6/c16-10-4-6-12-20-14(18)8-2-1-3-9-15(19)21-13-7-5-11-17/h16-17H,1-13H2. The molecule has 124 valence electrons. The summed E-state index contributed by atoms with van der Waals surface area (Å²) in [6, 6.07) is 0. The summed E-state index contributed by atoms with van der Waals surface area (Å²) >= 11 is 0. The monoisotopic (exact) mass is 304 g/mol. The maximum atomic E-state index is 11.3. The zero-order chi connectivity index (χ0) is 15.8. The molecule has 6 heteroatoms. The van der Waals surface area contributed by atoms with Crippen LogP contribution >= 0.6 is 0 Å². The quantitative estimate of drug-likeness (QED) is 0.374. The summed E-state index contributed by atoms with van der Waals surface area (Å²) in [6.45, 7) is 0.959. The topological polar surface area (TPSA) is 93.1 Å². The molecule has 0 fully saturated rings. The molecule has 2 N–H and O–H groups in total. The van der Waals surface area contributed by atoms with Crippen molar-refractivity contribution in [2.45, 2.75) is 57.8 Å². The van der Waals surface area contributed by atoms with E-state index in [2.05, 4.69) is 0 Å². The van der Waals surface area contributed by atoms with Gasteiger partial charge in [0.1, 0.15) is 0 Å². The van der Waals surface area contributed by atoms with Crippen molar-refractivity contribution in [1.82, 2.24) is 0 Å². The van der Waals surface area contributed by atoms with E-state index in [0.717, 1.165) is 6.42 Å². The fourth-order valence-corrected chi connectivity index (χ4v) is 1.66. The van der Waals surface area contributed by atoms with E-state index < -0.39 is 0 Å². The maximum absolute atomic E-state index is 11.3. The van der Waals surface area contributed by atoms with Crippen LogP contribution in [0.4, 0.5) is 0 Å². The average Bonchev–Trinajstić information content (AvgIpc) is 2.48. The molecule has 6 nitrogen and oxygen atoms in total. The summed E-state index contributed by atoms with van der Waals surface area (Å²) in [4.78, 5) is 22.6. The third-order valence-electron chi connectivity index (χ3n) is 2.89. The molecule has 0 aliphatic heterocycles. The van der Waals surface area contributed by atoms with Gasteiger partial charge in [0.15, 0.2) is 0 Å². The van der Waals surface area contributed by atoms with Crippen LogP contribution in [-0.2, 0) is 19.1 Å². The zero-order valence-corrected chi connectivity index (χ0v) is 12.7. The van der Waals surface area contributed by atoms with E-state index in [0.29, 0.717) is 64.6 Å². The lowest BCUT2D eigenvalue weighted by Crippen LogP contribution is -2.07. The average molecular weight is 304 g/mol. The van der Waals surface area contributed by atoms with E-state index >= 15 is 0 Å². The molecule has 0 aromatic carbocycles. The summed E-state index contributed by atoms with van der Waals surface area (Å²) in [5.41, 5.74) is 0. The van der Waals surface area contributed by atoms with Crippen LogP contribution in [0.5, 0.6) is 0 Å². The highest BCUT2D eigenvalue weighted by molar-refractivity contribution is 5.69. The van der Waals surface area contributed by atoms with Gasteiger partial charge in [-0.25, -0.2) is 0 Å². The molecule has 0 amide bonds. The van der Waals surface area contributed by atoms with Crippen molar-refractivity contribution in [2.24, 2.45) is 0 Å². The summed E-state index contributed by atoms with van der Waals surface area (Å²) in [5, 5.41) is 17.1. The number of carbonyl (C=O) groups is 2. The first kappa shape index (κ1) is 19.9. The van der Waals surface area contributed by atoms with Gasteiger partial charge in [0.2, 0.25) is 0 Å². The van der Waals surface area contributed by atoms with Crippen LogP contribution in [0.3, 0.4) is 0 Å². The molecule has 21 heavy (non-hydrogen) atoms. The molecule has 0 heterocycles. The van der Waals surface area contributed by atoms with Gasteiger partial charge in [-0.05, 0) is 38.5 Å². The van der Waals surface area contributed by atoms with Crippen molar-refractivity contribution in [3.63, 3.8) is 0 Å². The minimum atomic E-state index is -0.223. The molecular weight excluding hydrogens is 276 g/mol. The first-order valence-electron chi connectivity index (χ1n) is 7.73. The number of ether oxygens (including phenoxy) is 2. The van der Waals surface area contributed by atoms with Gasteiger partial charge < -0.3 is 19.7 Å². The number of aliphatic hydroxyl groups is 2. The second-order valence-electron chi connectivity index (χ2n) is 4.86. The van der Waals surface area contributed by atoms with E-state index in [1.54, 1.807) is 0 Å². The van der Waals surface area contributed by atoms with Crippen molar-refractivity contribution in [1.29, 1.82) is 0 Å². The van der Waals surface area contributed by atoms with Gasteiger partial charge in [0.05, 0.1) is 13.2 Å². The molecule has 0 bridgehead atoms. The van der Waals surface area contributed by atoms with Crippen LogP contribution in [-0.4, -0.2) is 48.6 Å². The van der Waals surface area contributed by atoms with Gasteiger partial charge in [-0.15, -0.1) is 0 Å². The highest BCUT2D eigenvalue weighted by Crippen LogP contribution is 2.06. The molecule has 0 saturated heterocycles. The number of carbonyl (C=O) groups excluding carboxylic acids is 2. The summed E-state index contributed by atoms with van der Waals surface area (Å²) in [6.07, 6.45) is 5.59. The van der Waals surface area contributed by atoms with Crippen LogP contribution in [0.2, 0.25) is 0 Å². The number of rotatable bonds is 14. The summed E-state index contributed by atoms with van der Waals surface area (Å²) < 4.78 is 9.97. The fourth-order valence-electron chi connectivity index (χ4n) is 1.66. The molecule has 0 aliphatic carbocycles. The summed E-state index contributed by atoms with van der Waals surface area (Å²) in [7, 11) is 0. The first-order valence-corrected chi connectivity index (χ1v) is 7.73. The summed E-state index contributed by atoms with van der Waals surface area (Å²) in [5.74, 6) is -0.445. The second kappa shape index (κ2) is 15.3. The number of hydrogen-bond acceptors (Lipinski definition) is 6. The molecule has 0 aromatic heterocycles. The fraction of sp³-hybridized carbons (Fsp3) is 0.867. The molecule has 0 unspecified atom stereocenters. The first-order chi connectivity index (χ1) is 10.2. The molecule has 0 aliphatic rings. The van der Waals surface area contributed by atoms with Crippen LogP contribution in [0.15, 0.2) is 0 Å². The largest absolute Gasteiger partial charge is 0.466 e. The maximum Gasteiger partial charge on any atom is 0.305 e. The van der Waals surface area contributed by atoms with E-state index in [4.69, 9.17) is 19.7 Å². The van der Waals surface area contributed by atoms with Crippen molar-refractivity contribution in [3.8, 4) is 0 Å². The van der Waals surface area contributed by atoms with Crippen molar-refractivity contribution in [2.75, 3.05) is 26.4 Å². The van der Waals surface area contributed by atoms with Gasteiger partial charge >= 0.3 is 11.9 Å². The van der Waals surface area contributed by atoms with E-state index in [1.165, 1.54) is 0 Å². The predicted molar refractivity (Wildman–Crippen MR) is 77.6 cm³/mol. The Morgan fingerprint density at radius 2 is 1.05 bits per heavy atom. The Morgan fingerprint density at radius 3 is 1.43 bits per heavy atom. The Morgan fingerprint density at radius 1 is 0.619 bits per heavy atom. The van der Waals surface area contributed by atoms with Crippen molar-refractivity contribution < 1.29 is 29.3 Å². The molecule has 0 atom stereocenters. The van der Waals surface area contributed by atoms with Gasteiger partial charge in [-0.2, -0.15) is 0 Å². The molecule has 0 spiro atoms. The molecule has 0 radical (unpaired) electrons. The van der Waals surface area contributed by atoms with Crippen molar-refractivity contribution in [3.05, 3.63) is 0 Å². The molecule has 0 aromatic rings. The minimum absolute atomic E-state index is 0.119. The van der Waals surface area contributed by atoms with E-state index in [-0.39, 0.29) is 25.2 Å². The Kier molecular flexibility index (Phi) is 14.4. The Hall–Kier alpha value is -1.14. The third-order valence-corrected chi connectivity index (χ3v) is 2.89. The van der Waals surface area contributed by atoms with Crippen LogP contribution < -0.4 is 0 Å². The third kappa shape index (κ3) is 15.1. The minimum Gasteiger partial charge on any atom is -0.466 e. The van der Waals surface area contributed by atoms with Crippen LogP contribution in [0.1, 0.15) is 57.8 Å². The smallest absolute Gasteiger partial charge is 0.305 e. The van der Waals surface area contributed by atoms with Crippen LogP contribution in [0, 0.1) is 0 Å². The second-order valence-corrected chi connectivity index (χ2v) is 4.86. The van der Waals surface area contributed by atoms with Gasteiger partial charge in [-0.1, -0.05) is 6.42 Å². The number of esters is 2. The number of aliphatic hydroxyl groups excluding tert-OH is 2. The lowest BCUT2D eigenvalue weighted by atomic mass is 10.1.